The van der Waals surface area contributed by atoms with Crippen LogP contribution in [0, 0.1) is 0 Å². The second-order valence-corrected chi connectivity index (χ2v) is 4.70. The maximum absolute atomic E-state index is 12.3. The van der Waals surface area contributed by atoms with Crippen LogP contribution in [0.1, 0.15) is 34.1 Å². The Morgan fingerprint density at radius 1 is 1.14 bits per heavy atom. The van der Waals surface area contributed by atoms with Crippen LogP contribution in [0.15, 0.2) is 43.0 Å². The molecule has 3 rings (SSSR count). The summed E-state index contributed by atoms with van der Waals surface area (Å²) >= 11 is 0. The maximum Gasteiger partial charge on any atom is 0.174 e. The number of aromatic nitrogens is 4. The van der Waals surface area contributed by atoms with Crippen molar-refractivity contribution in [3.8, 4) is 0 Å². The second-order valence-electron chi connectivity index (χ2n) is 4.70. The fourth-order valence-electron chi connectivity index (χ4n) is 2.17. The van der Waals surface area contributed by atoms with Crippen LogP contribution in [0.5, 0.6) is 0 Å². The van der Waals surface area contributed by atoms with Crippen molar-refractivity contribution < 1.29 is 9.59 Å². The lowest BCUT2D eigenvalue weighted by molar-refractivity contribution is 0.0895. The molecule has 6 heteroatoms. The monoisotopic (exact) mass is 282 g/mol. The summed E-state index contributed by atoms with van der Waals surface area (Å²) in [5, 5.41) is 8.15. The third kappa shape index (κ3) is 2.47. The topological polar surface area (TPSA) is 69.3 Å². The first-order chi connectivity index (χ1) is 10.2. The van der Waals surface area contributed by atoms with Gasteiger partial charge in [0.2, 0.25) is 0 Å². The van der Waals surface area contributed by atoms with Crippen molar-refractivity contribution in [3.05, 3.63) is 54.1 Å². The standard InChI is InChI=1S/C15H14N4O2/c1-2-18-10-11(8-16-18)14(20)7-15(21)12-9-17-19-6-4-3-5-13(12)19/h3-6,8-10H,2,7H2,1H3. The highest BCUT2D eigenvalue weighted by Crippen LogP contribution is 2.14. The first-order valence-electron chi connectivity index (χ1n) is 6.70. The summed E-state index contributed by atoms with van der Waals surface area (Å²) in [4.78, 5) is 24.4. The minimum atomic E-state index is -0.231. The third-order valence-electron chi connectivity index (χ3n) is 3.33. The van der Waals surface area contributed by atoms with Crippen molar-refractivity contribution >= 4 is 17.1 Å². The normalized spacial score (nSPS) is 10.9. The van der Waals surface area contributed by atoms with E-state index in [1.165, 1.54) is 12.4 Å². The summed E-state index contributed by atoms with van der Waals surface area (Å²) in [6.45, 7) is 2.63. The van der Waals surface area contributed by atoms with E-state index < -0.39 is 0 Å². The molecule has 0 saturated carbocycles. The quantitative estimate of drug-likeness (QED) is 0.530. The molecule has 6 nitrogen and oxygen atoms in total. The lowest BCUT2D eigenvalue weighted by atomic mass is 10.0. The van der Waals surface area contributed by atoms with Gasteiger partial charge in [0.05, 0.1) is 35.5 Å². The van der Waals surface area contributed by atoms with E-state index >= 15 is 0 Å². The fourth-order valence-corrected chi connectivity index (χ4v) is 2.17. The van der Waals surface area contributed by atoms with Gasteiger partial charge in [0.1, 0.15) is 0 Å². The molecule has 0 aliphatic heterocycles. The van der Waals surface area contributed by atoms with E-state index in [4.69, 9.17) is 0 Å². The van der Waals surface area contributed by atoms with Gasteiger partial charge in [0.15, 0.2) is 11.6 Å². The van der Waals surface area contributed by atoms with E-state index in [-0.39, 0.29) is 18.0 Å². The summed E-state index contributed by atoms with van der Waals surface area (Å²) < 4.78 is 3.28. The molecule has 0 amide bonds. The van der Waals surface area contributed by atoms with Crippen LogP contribution in [0.25, 0.3) is 5.52 Å². The number of carbonyl (C=O) groups is 2. The number of rotatable bonds is 5. The number of fused-ring (bicyclic) bond motifs is 1. The molecule has 0 atom stereocenters. The van der Waals surface area contributed by atoms with Gasteiger partial charge >= 0.3 is 0 Å². The van der Waals surface area contributed by atoms with Gasteiger partial charge < -0.3 is 0 Å². The number of aryl methyl sites for hydroxylation is 1. The van der Waals surface area contributed by atoms with Gasteiger partial charge in [-0.25, -0.2) is 4.52 Å². The Bertz CT molecular complexity index is 816. The Morgan fingerprint density at radius 3 is 2.76 bits per heavy atom. The minimum absolute atomic E-state index is 0.175. The van der Waals surface area contributed by atoms with E-state index in [0.717, 1.165) is 0 Å². The smallest absolute Gasteiger partial charge is 0.174 e. The van der Waals surface area contributed by atoms with Gasteiger partial charge in [0.25, 0.3) is 0 Å². The number of nitrogens with zero attached hydrogens (tertiary/aromatic N) is 4. The van der Waals surface area contributed by atoms with Gasteiger partial charge in [-0.1, -0.05) is 6.07 Å². The Balaban J connectivity index is 1.81. The molecule has 0 radical (unpaired) electrons. The molecule has 21 heavy (non-hydrogen) atoms. The average molecular weight is 282 g/mol. The lowest BCUT2D eigenvalue weighted by Gasteiger charge is -1.98. The van der Waals surface area contributed by atoms with Crippen molar-refractivity contribution in [2.45, 2.75) is 19.9 Å². The molecule has 3 aromatic rings. The zero-order valence-electron chi connectivity index (χ0n) is 11.6. The van der Waals surface area contributed by atoms with Crippen LogP contribution < -0.4 is 0 Å². The Labute approximate surface area is 121 Å². The number of Topliss-reactive ketones (excluding diaryl/α,β-unsaturated/α-hetero) is 2. The van der Waals surface area contributed by atoms with Crippen molar-refractivity contribution in [3.63, 3.8) is 0 Å². The minimum Gasteiger partial charge on any atom is -0.294 e. The van der Waals surface area contributed by atoms with Crippen molar-refractivity contribution in [2.24, 2.45) is 0 Å². The van der Waals surface area contributed by atoms with Gasteiger partial charge in [-0.2, -0.15) is 10.2 Å². The van der Waals surface area contributed by atoms with Crippen molar-refractivity contribution in [1.82, 2.24) is 19.4 Å². The zero-order chi connectivity index (χ0) is 14.8. The molecule has 0 aliphatic carbocycles. The summed E-state index contributed by atoms with van der Waals surface area (Å²) in [7, 11) is 0. The van der Waals surface area contributed by atoms with Crippen LogP contribution in [0.3, 0.4) is 0 Å². The largest absolute Gasteiger partial charge is 0.294 e. The molecular weight excluding hydrogens is 268 g/mol. The SMILES string of the molecule is CCn1cc(C(=O)CC(=O)c2cnn3ccccc23)cn1. The Morgan fingerprint density at radius 2 is 2.00 bits per heavy atom. The summed E-state index contributed by atoms with van der Waals surface area (Å²) in [6.07, 6.45) is 6.24. The van der Waals surface area contributed by atoms with Gasteiger partial charge in [-0.3, -0.25) is 14.3 Å². The van der Waals surface area contributed by atoms with Crippen LogP contribution >= 0.6 is 0 Å². The number of ketones is 2. The molecule has 0 unspecified atom stereocenters. The number of hydrogen-bond acceptors (Lipinski definition) is 4. The summed E-state index contributed by atoms with van der Waals surface area (Å²) in [5.74, 6) is -0.458. The van der Waals surface area contributed by atoms with Crippen LogP contribution in [0.4, 0.5) is 0 Å². The zero-order valence-corrected chi connectivity index (χ0v) is 11.6. The molecule has 0 fully saturated rings. The molecular formula is C15H14N4O2. The predicted molar refractivity (Wildman–Crippen MR) is 76.4 cm³/mol. The summed E-state index contributed by atoms with van der Waals surface area (Å²) in [6, 6.07) is 5.47. The Hall–Kier alpha value is -2.76. The molecule has 3 heterocycles. The molecule has 0 aromatic carbocycles. The molecule has 3 aromatic heterocycles. The lowest BCUT2D eigenvalue weighted by Crippen LogP contribution is -2.08. The highest BCUT2D eigenvalue weighted by molar-refractivity contribution is 6.15. The molecule has 0 bridgehead atoms. The van der Waals surface area contributed by atoms with Crippen LogP contribution in [-0.4, -0.2) is 31.0 Å². The number of carbonyl (C=O) groups excluding carboxylic acids is 2. The van der Waals surface area contributed by atoms with E-state index in [9.17, 15) is 9.59 Å². The van der Waals surface area contributed by atoms with Crippen molar-refractivity contribution in [1.29, 1.82) is 0 Å². The average Bonchev–Trinajstić information content (AvgIpc) is 3.14. The van der Waals surface area contributed by atoms with Crippen LogP contribution in [0.2, 0.25) is 0 Å². The van der Waals surface area contributed by atoms with E-state index in [1.54, 1.807) is 27.7 Å². The third-order valence-corrected chi connectivity index (χ3v) is 3.33. The number of pyridine rings is 1. The van der Waals surface area contributed by atoms with E-state index in [1.807, 2.05) is 19.1 Å². The van der Waals surface area contributed by atoms with Gasteiger partial charge in [-0.15, -0.1) is 0 Å². The number of hydrogen-bond donors (Lipinski definition) is 0. The van der Waals surface area contributed by atoms with Gasteiger partial charge in [-0.05, 0) is 19.1 Å². The first kappa shape index (κ1) is 13.2. The Kier molecular flexibility index (Phi) is 3.35. The summed E-state index contributed by atoms with van der Waals surface area (Å²) in [5.41, 5.74) is 1.63. The fraction of sp³-hybridized carbons (Fsp3) is 0.200. The predicted octanol–water partition coefficient (Wildman–Crippen LogP) is 2.01. The highest BCUT2D eigenvalue weighted by atomic mass is 16.1. The molecule has 0 spiro atoms. The molecule has 0 aliphatic rings. The second kappa shape index (κ2) is 5.32. The van der Waals surface area contributed by atoms with Gasteiger partial charge in [0, 0.05) is 18.9 Å². The first-order valence-corrected chi connectivity index (χ1v) is 6.70. The molecule has 0 saturated heterocycles. The van der Waals surface area contributed by atoms with E-state index in [0.29, 0.717) is 23.2 Å². The van der Waals surface area contributed by atoms with Crippen LogP contribution in [-0.2, 0) is 6.54 Å². The highest BCUT2D eigenvalue weighted by Gasteiger charge is 2.18. The molecule has 106 valence electrons. The van der Waals surface area contributed by atoms with E-state index in [2.05, 4.69) is 10.2 Å². The van der Waals surface area contributed by atoms with Crippen molar-refractivity contribution in [2.75, 3.05) is 0 Å². The maximum atomic E-state index is 12.3. The molecule has 0 N–H and O–H groups in total.